The van der Waals surface area contributed by atoms with Gasteiger partial charge in [-0.3, -0.25) is 0 Å². The minimum atomic E-state index is -0.312. The zero-order valence-corrected chi connectivity index (χ0v) is 12.3. The number of rotatable bonds is 1. The molecule has 0 N–H and O–H groups in total. The number of hydrogen-bond acceptors (Lipinski definition) is 4. The van der Waals surface area contributed by atoms with Gasteiger partial charge in [-0.2, -0.15) is 6.07 Å². The van der Waals surface area contributed by atoms with E-state index in [-0.39, 0.29) is 53.1 Å². The van der Waals surface area contributed by atoms with Crippen LogP contribution in [0.1, 0.15) is 18.3 Å². The summed E-state index contributed by atoms with van der Waals surface area (Å²) < 4.78 is 21.4. The van der Waals surface area contributed by atoms with E-state index in [1.165, 1.54) is 0 Å². The summed E-state index contributed by atoms with van der Waals surface area (Å²) >= 11 is 0. The van der Waals surface area contributed by atoms with Crippen LogP contribution in [0.3, 0.4) is 0 Å². The van der Waals surface area contributed by atoms with Gasteiger partial charge in [0, 0.05) is 0 Å². The van der Waals surface area contributed by atoms with E-state index in [0.717, 1.165) is 36.7 Å². The first-order chi connectivity index (χ1) is 7.43. The van der Waals surface area contributed by atoms with Crippen LogP contribution >= 0.6 is 0 Å². The summed E-state index contributed by atoms with van der Waals surface area (Å²) in [4.78, 5) is 0. The van der Waals surface area contributed by atoms with Gasteiger partial charge in [-0.05, 0) is 6.42 Å². The van der Waals surface area contributed by atoms with Crippen LogP contribution in [0.25, 0.3) is 0 Å². The fraction of sp³-hybridized carbons (Fsp3) is 0.455. The molecular weight excluding hydrogens is 300 g/mol. The fourth-order valence-electron chi connectivity index (χ4n) is 1.66. The van der Waals surface area contributed by atoms with Crippen molar-refractivity contribution in [2.24, 2.45) is 0 Å². The maximum Gasteiger partial charge on any atom is 2.00 e. The molecule has 0 radical (unpaired) electrons. The fourth-order valence-corrected chi connectivity index (χ4v) is 1.66. The van der Waals surface area contributed by atoms with Crippen LogP contribution in [0.15, 0.2) is 12.1 Å². The van der Waals surface area contributed by atoms with Crippen molar-refractivity contribution in [1.29, 1.82) is 0 Å². The van der Waals surface area contributed by atoms with E-state index in [9.17, 15) is 0 Å². The summed E-state index contributed by atoms with van der Waals surface area (Å²) in [6.07, 6.45) is 0.634. The predicted octanol–water partition coefficient (Wildman–Crippen LogP) is -1.73. The Kier molecular flexibility index (Phi) is 6.01. The van der Waals surface area contributed by atoms with Gasteiger partial charge in [0.1, 0.15) is 0 Å². The van der Waals surface area contributed by atoms with Crippen molar-refractivity contribution in [2.45, 2.75) is 12.7 Å². The molecule has 6 heteroatoms. The van der Waals surface area contributed by atoms with Gasteiger partial charge in [0.15, 0.2) is 6.29 Å². The summed E-state index contributed by atoms with van der Waals surface area (Å²) in [5, 5.41) is 0. The molecule has 2 heterocycles. The van der Waals surface area contributed by atoms with Crippen molar-refractivity contribution in [2.75, 3.05) is 20.0 Å². The summed E-state index contributed by atoms with van der Waals surface area (Å²) in [6, 6.07) is 6.71. The van der Waals surface area contributed by atoms with Crippen LogP contribution in [-0.2, 0) is 9.47 Å². The monoisotopic (exact) mass is 310 g/mol. The second kappa shape index (κ2) is 6.80. The number of halogens is 1. The predicted molar refractivity (Wildman–Crippen MR) is 56.4 cm³/mol. The summed E-state index contributed by atoms with van der Waals surface area (Å²) in [5.41, 5.74) is 0.860. The van der Waals surface area contributed by atoms with Crippen LogP contribution in [-0.4, -0.2) is 43.1 Å². The molecule has 0 aromatic heterocycles. The van der Waals surface area contributed by atoms with E-state index in [1.807, 2.05) is 6.07 Å². The van der Waals surface area contributed by atoms with Gasteiger partial charge in [-0.1, -0.05) is 0 Å². The Bertz CT molecular complexity index is 368. The van der Waals surface area contributed by atoms with Crippen molar-refractivity contribution in [1.82, 2.24) is 0 Å². The van der Waals surface area contributed by atoms with Crippen LogP contribution in [0.5, 0.6) is 11.5 Å². The van der Waals surface area contributed by atoms with Gasteiger partial charge < -0.3 is 35.9 Å². The van der Waals surface area contributed by atoms with Crippen molar-refractivity contribution >= 4 is 23.1 Å². The van der Waals surface area contributed by atoms with Crippen molar-refractivity contribution in [3.05, 3.63) is 23.8 Å². The third-order valence-corrected chi connectivity index (χ3v) is 2.41. The van der Waals surface area contributed by atoms with Crippen LogP contribution < -0.4 is 26.5 Å². The van der Waals surface area contributed by atoms with E-state index in [1.54, 1.807) is 6.07 Å². The summed E-state index contributed by atoms with van der Waals surface area (Å²) in [5.74, 6) is 1.47. The number of ether oxygens (including phenoxy) is 4. The zero-order valence-electron chi connectivity index (χ0n) is 9.28. The number of benzene rings is 1. The smallest absolute Gasteiger partial charge is 1.00 e. The quantitative estimate of drug-likeness (QED) is 0.456. The topological polar surface area (TPSA) is 36.9 Å². The molecule has 0 atom stereocenters. The van der Waals surface area contributed by atoms with Crippen molar-refractivity contribution in [3.8, 4) is 11.5 Å². The largest absolute Gasteiger partial charge is 2.00 e. The molecule has 0 saturated carbocycles. The maximum absolute atomic E-state index is 5.47. The van der Waals surface area contributed by atoms with Crippen molar-refractivity contribution in [3.63, 3.8) is 0 Å². The summed E-state index contributed by atoms with van der Waals surface area (Å²) in [6.45, 7) is 1.74. The molecule has 2 aliphatic heterocycles. The standard InChI is InChI=1S/C11H11O4.BrH.Mg/c1-4-12-11(13-5-1)8-2-3-9-10(6-8)15-7-14-9;;/h3,6,11H,1,4-5,7H2;1H;/q-1;;+2/p-1. The molecule has 0 aliphatic carbocycles. The molecule has 1 aromatic carbocycles. The SMILES string of the molecule is [Br-].[Mg+2].[c-]1cc2c(cc1C1OCCCO1)OCO2. The minimum absolute atomic E-state index is 0. The minimum Gasteiger partial charge on any atom is -1.00 e. The molecule has 1 fully saturated rings. The van der Waals surface area contributed by atoms with Crippen molar-refractivity contribution < 1.29 is 35.9 Å². The molecule has 3 rings (SSSR count). The molecule has 88 valence electrons. The first-order valence-corrected chi connectivity index (χ1v) is 4.98. The Morgan fingerprint density at radius 2 is 1.82 bits per heavy atom. The average molecular weight is 311 g/mol. The second-order valence-corrected chi connectivity index (χ2v) is 3.45. The molecule has 0 unspecified atom stereocenters. The van der Waals surface area contributed by atoms with Gasteiger partial charge in [-0.15, -0.1) is 17.7 Å². The molecule has 0 bridgehead atoms. The molecule has 2 aliphatic rings. The molecule has 1 aromatic rings. The normalized spacial score (nSPS) is 18.1. The molecule has 0 amide bonds. The molecule has 17 heavy (non-hydrogen) atoms. The first-order valence-electron chi connectivity index (χ1n) is 4.98. The number of fused-ring (bicyclic) bond motifs is 1. The van der Waals surface area contributed by atoms with E-state index in [2.05, 4.69) is 6.07 Å². The number of hydrogen-bond donors (Lipinski definition) is 0. The van der Waals surface area contributed by atoms with E-state index in [0.29, 0.717) is 0 Å². The molecular formula is C11H11BrMgO4. The second-order valence-electron chi connectivity index (χ2n) is 3.45. The third kappa shape index (κ3) is 3.26. The average Bonchev–Trinajstić information content (AvgIpc) is 2.77. The summed E-state index contributed by atoms with van der Waals surface area (Å²) in [7, 11) is 0. The van der Waals surface area contributed by atoms with Crippen LogP contribution in [0.2, 0.25) is 0 Å². The molecule has 0 spiro atoms. The Labute approximate surface area is 126 Å². The van der Waals surface area contributed by atoms with Crippen LogP contribution in [0, 0.1) is 6.07 Å². The third-order valence-electron chi connectivity index (χ3n) is 2.41. The van der Waals surface area contributed by atoms with E-state index in [4.69, 9.17) is 18.9 Å². The Morgan fingerprint density at radius 1 is 1.12 bits per heavy atom. The van der Waals surface area contributed by atoms with E-state index < -0.39 is 0 Å². The maximum atomic E-state index is 5.47. The van der Waals surface area contributed by atoms with Gasteiger partial charge in [0.2, 0.25) is 6.79 Å². The molecule has 4 nitrogen and oxygen atoms in total. The van der Waals surface area contributed by atoms with Gasteiger partial charge in [0.25, 0.3) is 0 Å². The molecule has 1 saturated heterocycles. The van der Waals surface area contributed by atoms with Crippen LogP contribution in [0.4, 0.5) is 0 Å². The first kappa shape index (κ1) is 15.0. The van der Waals surface area contributed by atoms with Gasteiger partial charge in [-0.25, -0.2) is 0 Å². The van der Waals surface area contributed by atoms with Gasteiger partial charge in [0.05, 0.1) is 24.7 Å². The zero-order chi connectivity index (χ0) is 10.1. The van der Waals surface area contributed by atoms with Gasteiger partial charge >= 0.3 is 23.1 Å². The van der Waals surface area contributed by atoms with E-state index >= 15 is 0 Å². The Hall–Kier alpha value is -0.0138. The Balaban J connectivity index is 0.000000722. The Morgan fingerprint density at radius 3 is 2.59 bits per heavy atom.